The molecule has 1 saturated carbocycles. The molecule has 1 aliphatic carbocycles. The van der Waals surface area contributed by atoms with E-state index in [1.54, 1.807) is 11.3 Å². The monoisotopic (exact) mass is 301 g/mol. The minimum atomic E-state index is 0.0567. The minimum absolute atomic E-state index is 0.0567. The topological polar surface area (TPSA) is 68.0 Å². The fraction of sp³-hybridized carbons (Fsp3) is 0.375. The van der Waals surface area contributed by atoms with E-state index in [1.165, 1.54) is 0 Å². The van der Waals surface area contributed by atoms with Gasteiger partial charge < -0.3 is 11.1 Å². The number of aromatic nitrogens is 1. The number of carbonyl (C=O) groups excluding carboxylic acids is 1. The molecule has 0 spiro atoms. The predicted molar refractivity (Wildman–Crippen MR) is 86.2 cm³/mol. The van der Waals surface area contributed by atoms with E-state index < -0.39 is 0 Å². The number of nitrogens with zero attached hydrogens (tertiary/aromatic N) is 1. The Bertz CT molecular complexity index is 635. The second kappa shape index (κ2) is 5.95. The molecular weight excluding hydrogens is 282 g/mol. The van der Waals surface area contributed by atoms with Crippen molar-refractivity contribution in [3.63, 3.8) is 0 Å². The molecule has 2 atom stereocenters. The van der Waals surface area contributed by atoms with Gasteiger partial charge in [0.05, 0.1) is 0 Å². The second-order valence-corrected chi connectivity index (χ2v) is 6.49. The summed E-state index contributed by atoms with van der Waals surface area (Å²) in [5, 5.41) is 6.02. The van der Waals surface area contributed by atoms with Crippen LogP contribution in [0.5, 0.6) is 0 Å². The third-order valence-corrected chi connectivity index (χ3v) is 4.87. The van der Waals surface area contributed by atoms with Gasteiger partial charge in [-0.2, -0.15) is 0 Å². The number of amides is 1. The van der Waals surface area contributed by atoms with Gasteiger partial charge in [-0.1, -0.05) is 0 Å². The van der Waals surface area contributed by atoms with Crippen molar-refractivity contribution in [2.45, 2.75) is 32.2 Å². The van der Waals surface area contributed by atoms with Gasteiger partial charge in [0, 0.05) is 34.3 Å². The molecule has 4 nitrogen and oxygen atoms in total. The zero-order chi connectivity index (χ0) is 14.8. The fourth-order valence-corrected chi connectivity index (χ4v) is 3.49. The van der Waals surface area contributed by atoms with Gasteiger partial charge in [-0.25, -0.2) is 4.98 Å². The highest BCUT2D eigenvalue weighted by Gasteiger charge is 2.27. The molecule has 0 aliphatic heterocycles. The Balaban J connectivity index is 1.66. The molecule has 1 aliphatic rings. The first kappa shape index (κ1) is 14.2. The van der Waals surface area contributed by atoms with Gasteiger partial charge in [-0.05, 0) is 50.5 Å². The van der Waals surface area contributed by atoms with Crippen molar-refractivity contribution in [1.82, 2.24) is 4.98 Å². The van der Waals surface area contributed by atoms with E-state index in [0.717, 1.165) is 41.2 Å². The summed E-state index contributed by atoms with van der Waals surface area (Å²) in [6, 6.07) is 8.02. The van der Waals surface area contributed by atoms with E-state index in [2.05, 4.69) is 10.3 Å². The number of hydrogen-bond acceptors (Lipinski definition) is 4. The van der Waals surface area contributed by atoms with Gasteiger partial charge in [0.2, 0.25) is 5.91 Å². The maximum Gasteiger partial charge on any atom is 0.227 e. The van der Waals surface area contributed by atoms with Crippen LogP contribution >= 0.6 is 11.3 Å². The van der Waals surface area contributed by atoms with Crippen molar-refractivity contribution in [3.8, 4) is 10.6 Å². The van der Waals surface area contributed by atoms with Gasteiger partial charge >= 0.3 is 0 Å². The lowest BCUT2D eigenvalue weighted by Gasteiger charge is -2.11. The standard InChI is InChI=1S/C16H19N3OS/c1-10-9-21-16(18-10)11-3-6-14(7-4-11)19-15(20)12-2-5-13(17)8-12/h3-4,6-7,9,12-13H,2,5,8,17H2,1H3,(H,19,20). The molecule has 1 amide bonds. The zero-order valence-electron chi connectivity index (χ0n) is 12.0. The lowest BCUT2D eigenvalue weighted by molar-refractivity contribution is -0.119. The third-order valence-electron chi connectivity index (χ3n) is 3.86. The first-order chi connectivity index (χ1) is 10.1. The molecule has 2 unspecified atom stereocenters. The Morgan fingerprint density at radius 3 is 2.67 bits per heavy atom. The van der Waals surface area contributed by atoms with E-state index in [4.69, 9.17) is 5.73 Å². The van der Waals surface area contributed by atoms with E-state index in [-0.39, 0.29) is 17.9 Å². The normalized spacial score (nSPS) is 21.4. The molecular formula is C16H19N3OS. The zero-order valence-corrected chi connectivity index (χ0v) is 12.8. The van der Waals surface area contributed by atoms with E-state index in [9.17, 15) is 4.79 Å². The smallest absolute Gasteiger partial charge is 0.227 e. The highest BCUT2D eigenvalue weighted by molar-refractivity contribution is 7.13. The van der Waals surface area contributed by atoms with Crippen LogP contribution < -0.4 is 11.1 Å². The molecule has 5 heteroatoms. The minimum Gasteiger partial charge on any atom is -0.328 e. The van der Waals surface area contributed by atoms with Crippen molar-refractivity contribution in [1.29, 1.82) is 0 Å². The van der Waals surface area contributed by atoms with Crippen LogP contribution in [0.3, 0.4) is 0 Å². The lowest BCUT2D eigenvalue weighted by Crippen LogP contribution is -2.23. The Morgan fingerprint density at radius 2 is 2.10 bits per heavy atom. The maximum absolute atomic E-state index is 12.1. The van der Waals surface area contributed by atoms with Crippen LogP contribution in [-0.2, 0) is 4.79 Å². The van der Waals surface area contributed by atoms with Gasteiger partial charge in [-0.3, -0.25) is 4.79 Å². The van der Waals surface area contributed by atoms with Gasteiger partial charge in [-0.15, -0.1) is 11.3 Å². The summed E-state index contributed by atoms with van der Waals surface area (Å²) in [7, 11) is 0. The molecule has 1 aromatic carbocycles. The van der Waals surface area contributed by atoms with Crippen LogP contribution in [0.1, 0.15) is 25.0 Å². The SMILES string of the molecule is Cc1csc(-c2ccc(NC(=O)C3CCC(N)C3)cc2)n1. The van der Waals surface area contributed by atoms with Crippen molar-refractivity contribution < 1.29 is 4.79 Å². The van der Waals surface area contributed by atoms with E-state index in [1.807, 2.05) is 36.6 Å². The molecule has 3 N–H and O–H groups in total. The van der Waals surface area contributed by atoms with E-state index >= 15 is 0 Å². The largest absolute Gasteiger partial charge is 0.328 e. The molecule has 0 saturated heterocycles. The molecule has 1 fully saturated rings. The highest BCUT2D eigenvalue weighted by Crippen LogP contribution is 2.27. The van der Waals surface area contributed by atoms with Crippen molar-refractivity contribution >= 4 is 22.9 Å². The average Bonchev–Trinajstić information content (AvgIpc) is 3.08. The van der Waals surface area contributed by atoms with Crippen molar-refractivity contribution in [2.24, 2.45) is 11.7 Å². The molecule has 0 bridgehead atoms. The molecule has 2 aromatic rings. The fourth-order valence-electron chi connectivity index (χ4n) is 2.68. The number of aryl methyl sites for hydroxylation is 1. The lowest BCUT2D eigenvalue weighted by atomic mass is 10.1. The molecule has 3 rings (SSSR count). The summed E-state index contributed by atoms with van der Waals surface area (Å²) in [5.74, 6) is 0.141. The number of anilines is 1. The molecule has 21 heavy (non-hydrogen) atoms. The van der Waals surface area contributed by atoms with E-state index in [0.29, 0.717) is 0 Å². The predicted octanol–water partition coefficient (Wildman–Crippen LogP) is 3.18. The summed E-state index contributed by atoms with van der Waals surface area (Å²) in [6.07, 6.45) is 2.63. The number of hydrogen-bond donors (Lipinski definition) is 2. The molecule has 0 radical (unpaired) electrons. The summed E-state index contributed by atoms with van der Waals surface area (Å²) in [6.45, 7) is 1.99. The van der Waals surface area contributed by atoms with Crippen LogP contribution in [0.4, 0.5) is 5.69 Å². The quantitative estimate of drug-likeness (QED) is 0.915. The Morgan fingerprint density at radius 1 is 1.33 bits per heavy atom. The Labute approximate surface area is 128 Å². The van der Waals surface area contributed by atoms with Crippen molar-refractivity contribution in [2.75, 3.05) is 5.32 Å². The summed E-state index contributed by atoms with van der Waals surface area (Å²) < 4.78 is 0. The number of benzene rings is 1. The number of carbonyl (C=O) groups is 1. The van der Waals surface area contributed by atoms with Gasteiger partial charge in [0.1, 0.15) is 5.01 Å². The van der Waals surface area contributed by atoms with Crippen LogP contribution in [0.2, 0.25) is 0 Å². The van der Waals surface area contributed by atoms with Crippen LogP contribution in [-0.4, -0.2) is 16.9 Å². The number of rotatable bonds is 3. The molecule has 1 aromatic heterocycles. The summed E-state index contributed by atoms with van der Waals surface area (Å²) in [5.41, 5.74) is 8.80. The van der Waals surface area contributed by atoms with Crippen LogP contribution in [0.15, 0.2) is 29.6 Å². The number of nitrogens with one attached hydrogen (secondary N) is 1. The summed E-state index contributed by atoms with van der Waals surface area (Å²) >= 11 is 1.63. The van der Waals surface area contributed by atoms with Crippen molar-refractivity contribution in [3.05, 3.63) is 35.3 Å². The molecule has 1 heterocycles. The van der Waals surface area contributed by atoms with Crippen LogP contribution in [0, 0.1) is 12.8 Å². The third kappa shape index (κ3) is 3.31. The maximum atomic E-state index is 12.1. The second-order valence-electron chi connectivity index (χ2n) is 5.63. The Hall–Kier alpha value is -1.72. The number of thiazole rings is 1. The van der Waals surface area contributed by atoms with Gasteiger partial charge in [0.25, 0.3) is 0 Å². The Kier molecular flexibility index (Phi) is 4.03. The first-order valence-corrected chi connectivity index (χ1v) is 8.09. The van der Waals surface area contributed by atoms with Crippen LogP contribution in [0.25, 0.3) is 10.6 Å². The van der Waals surface area contributed by atoms with Gasteiger partial charge in [0.15, 0.2) is 0 Å². The average molecular weight is 301 g/mol. The first-order valence-electron chi connectivity index (χ1n) is 7.21. The highest BCUT2D eigenvalue weighted by atomic mass is 32.1. The molecule has 110 valence electrons. The summed E-state index contributed by atoms with van der Waals surface area (Å²) in [4.78, 5) is 16.6. The number of nitrogens with two attached hydrogens (primary N) is 1.